The van der Waals surface area contributed by atoms with E-state index < -0.39 is 0 Å². The maximum atomic E-state index is 12.7. The van der Waals surface area contributed by atoms with E-state index in [0.29, 0.717) is 0 Å². The summed E-state index contributed by atoms with van der Waals surface area (Å²) >= 11 is 0. The van der Waals surface area contributed by atoms with Crippen LogP contribution in [0.4, 0.5) is 5.82 Å². The first kappa shape index (κ1) is 14.2. The van der Waals surface area contributed by atoms with E-state index in [2.05, 4.69) is 17.5 Å². The number of amides is 1. The number of carbonyl (C=O) groups excluding carboxylic acids is 1. The van der Waals surface area contributed by atoms with E-state index >= 15 is 0 Å². The molecule has 0 radical (unpaired) electrons. The number of rotatable bonds is 3. The highest BCUT2D eigenvalue weighted by atomic mass is 16.2. The van der Waals surface area contributed by atoms with E-state index in [-0.39, 0.29) is 11.8 Å². The molecule has 0 saturated carbocycles. The Bertz CT molecular complexity index is 745. The molecule has 1 aromatic heterocycles. The summed E-state index contributed by atoms with van der Waals surface area (Å²) in [5, 5.41) is 7.93. The summed E-state index contributed by atoms with van der Waals surface area (Å²) in [6.07, 6.45) is 10.2. The standard InChI is InChI=1S/C19H21N3O/c23-19(14-8-3-1-4-9-14)20-18-16-12-7-13-17(16)21-22(18)15-10-5-2-6-11-15/h1-3,5-6,10-11,14H,4,7-9,12-13H2,(H,20,23). The number of anilines is 1. The van der Waals surface area contributed by atoms with Gasteiger partial charge in [-0.2, -0.15) is 5.10 Å². The van der Waals surface area contributed by atoms with Crippen molar-refractivity contribution in [3.8, 4) is 5.69 Å². The Morgan fingerprint density at radius 1 is 1.17 bits per heavy atom. The quantitative estimate of drug-likeness (QED) is 0.880. The van der Waals surface area contributed by atoms with Gasteiger partial charge in [0.1, 0.15) is 5.82 Å². The van der Waals surface area contributed by atoms with Crippen LogP contribution in [0.3, 0.4) is 0 Å². The maximum absolute atomic E-state index is 12.7. The largest absolute Gasteiger partial charge is 0.310 e. The Labute approximate surface area is 136 Å². The van der Waals surface area contributed by atoms with Gasteiger partial charge in [0.25, 0.3) is 0 Å². The number of aromatic nitrogens is 2. The van der Waals surface area contributed by atoms with Crippen molar-refractivity contribution in [2.75, 3.05) is 5.32 Å². The number of allylic oxidation sites excluding steroid dienone is 2. The number of nitrogens with one attached hydrogen (secondary N) is 1. The molecule has 1 atom stereocenters. The first-order chi connectivity index (χ1) is 11.3. The second-order valence-electron chi connectivity index (χ2n) is 6.35. The van der Waals surface area contributed by atoms with Gasteiger partial charge < -0.3 is 5.32 Å². The van der Waals surface area contributed by atoms with E-state index in [9.17, 15) is 4.79 Å². The normalized spacial score (nSPS) is 19.6. The summed E-state index contributed by atoms with van der Waals surface area (Å²) in [6, 6.07) is 10.1. The molecule has 0 aliphatic heterocycles. The van der Waals surface area contributed by atoms with Crippen LogP contribution >= 0.6 is 0 Å². The molecule has 23 heavy (non-hydrogen) atoms. The molecule has 1 unspecified atom stereocenters. The molecule has 118 valence electrons. The molecule has 2 aliphatic carbocycles. The number of fused-ring (bicyclic) bond motifs is 1. The highest BCUT2D eigenvalue weighted by Crippen LogP contribution is 2.32. The number of para-hydroxylation sites is 1. The first-order valence-electron chi connectivity index (χ1n) is 8.45. The van der Waals surface area contributed by atoms with Gasteiger partial charge in [-0.25, -0.2) is 4.68 Å². The Morgan fingerprint density at radius 3 is 2.83 bits per heavy atom. The molecule has 4 rings (SSSR count). The average Bonchev–Trinajstić information content (AvgIpc) is 3.19. The summed E-state index contributed by atoms with van der Waals surface area (Å²) in [7, 11) is 0. The number of nitrogens with zero attached hydrogens (tertiary/aromatic N) is 2. The Balaban J connectivity index is 1.67. The van der Waals surface area contributed by atoms with Crippen LogP contribution in [-0.2, 0) is 17.6 Å². The van der Waals surface area contributed by atoms with Gasteiger partial charge in [-0.3, -0.25) is 4.79 Å². The minimum absolute atomic E-state index is 0.0798. The number of aryl methyl sites for hydroxylation is 1. The molecule has 1 heterocycles. The monoisotopic (exact) mass is 307 g/mol. The van der Waals surface area contributed by atoms with E-state index in [1.807, 2.05) is 35.0 Å². The van der Waals surface area contributed by atoms with Crippen molar-refractivity contribution in [3.05, 3.63) is 53.7 Å². The van der Waals surface area contributed by atoms with Gasteiger partial charge in [-0.1, -0.05) is 30.4 Å². The van der Waals surface area contributed by atoms with Crippen molar-refractivity contribution in [2.45, 2.75) is 38.5 Å². The molecule has 2 aliphatic rings. The molecule has 0 fully saturated rings. The minimum atomic E-state index is 0.0798. The Hall–Kier alpha value is -2.36. The van der Waals surface area contributed by atoms with Crippen molar-refractivity contribution in [1.29, 1.82) is 0 Å². The molecule has 1 amide bonds. The van der Waals surface area contributed by atoms with E-state index in [1.54, 1.807) is 0 Å². The highest BCUT2D eigenvalue weighted by Gasteiger charge is 2.26. The number of hydrogen-bond acceptors (Lipinski definition) is 2. The van der Waals surface area contributed by atoms with Crippen LogP contribution in [0.25, 0.3) is 5.69 Å². The van der Waals surface area contributed by atoms with Gasteiger partial charge >= 0.3 is 0 Å². The van der Waals surface area contributed by atoms with Gasteiger partial charge in [0.15, 0.2) is 0 Å². The fraction of sp³-hybridized carbons (Fsp3) is 0.368. The molecule has 0 saturated heterocycles. The highest BCUT2D eigenvalue weighted by molar-refractivity contribution is 5.93. The molecular weight excluding hydrogens is 286 g/mol. The zero-order valence-electron chi connectivity index (χ0n) is 13.2. The molecule has 2 aromatic rings. The van der Waals surface area contributed by atoms with Gasteiger partial charge in [-0.15, -0.1) is 0 Å². The fourth-order valence-electron chi connectivity index (χ4n) is 3.53. The minimum Gasteiger partial charge on any atom is -0.310 e. The number of benzene rings is 1. The Kier molecular flexibility index (Phi) is 3.74. The van der Waals surface area contributed by atoms with Gasteiger partial charge in [-0.05, 0) is 50.7 Å². The average molecular weight is 307 g/mol. The van der Waals surface area contributed by atoms with Crippen molar-refractivity contribution in [3.63, 3.8) is 0 Å². The lowest BCUT2D eigenvalue weighted by Gasteiger charge is -2.18. The fourth-order valence-corrected chi connectivity index (χ4v) is 3.53. The lowest BCUT2D eigenvalue weighted by Crippen LogP contribution is -2.25. The SMILES string of the molecule is O=C(Nc1c2c(nn1-c1ccccc1)CCC2)C1CC=CCC1. The van der Waals surface area contributed by atoms with Gasteiger partial charge in [0.2, 0.25) is 5.91 Å². The molecule has 4 nitrogen and oxygen atoms in total. The maximum Gasteiger partial charge on any atom is 0.228 e. The summed E-state index contributed by atoms with van der Waals surface area (Å²) in [5.74, 6) is 1.08. The van der Waals surface area contributed by atoms with E-state index in [1.165, 1.54) is 5.56 Å². The second kappa shape index (κ2) is 6.03. The molecule has 0 spiro atoms. The second-order valence-corrected chi connectivity index (χ2v) is 6.35. The van der Waals surface area contributed by atoms with Crippen LogP contribution in [0.5, 0.6) is 0 Å². The lowest BCUT2D eigenvalue weighted by atomic mass is 9.93. The lowest BCUT2D eigenvalue weighted by molar-refractivity contribution is -0.120. The third-order valence-electron chi connectivity index (χ3n) is 4.79. The molecule has 0 bridgehead atoms. The Morgan fingerprint density at radius 2 is 2.04 bits per heavy atom. The van der Waals surface area contributed by atoms with Crippen molar-refractivity contribution < 1.29 is 4.79 Å². The third kappa shape index (κ3) is 2.69. The summed E-state index contributed by atoms with van der Waals surface area (Å²) in [5.41, 5.74) is 3.35. The number of carbonyl (C=O) groups is 1. The summed E-state index contributed by atoms with van der Waals surface area (Å²) in [6.45, 7) is 0. The topological polar surface area (TPSA) is 46.9 Å². The van der Waals surface area contributed by atoms with Crippen molar-refractivity contribution in [2.24, 2.45) is 5.92 Å². The summed E-state index contributed by atoms with van der Waals surface area (Å²) in [4.78, 5) is 12.7. The van der Waals surface area contributed by atoms with E-state index in [4.69, 9.17) is 5.10 Å². The molecular formula is C19H21N3O. The van der Waals surface area contributed by atoms with Crippen LogP contribution < -0.4 is 5.32 Å². The van der Waals surface area contributed by atoms with Crippen LogP contribution in [0, 0.1) is 5.92 Å². The van der Waals surface area contributed by atoms with Gasteiger partial charge in [0, 0.05) is 11.5 Å². The van der Waals surface area contributed by atoms with Crippen molar-refractivity contribution in [1.82, 2.24) is 9.78 Å². The van der Waals surface area contributed by atoms with Crippen molar-refractivity contribution >= 4 is 11.7 Å². The number of hydrogen-bond donors (Lipinski definition) is 1. The predicted octanol–water partition coefficient (Wildman–Crippen LogP) is 3.66. The zero-order chi connectivity index (χ0) is 15.6. The molecule has 4 heteroatoms. The predicted molar refractivity (Wildman–Crippen MR) is 90.7 cm³/mol. The van der Waals surface area contributed by atoms with Gasteiger partial charge in [0.05, 0.1) is 11.4 Å². The van der Waals surface area contributed by atoms with Crippen LogP contribution in [0.15, 0.2) is 42.5 Å². The first-order valence-corrected chi connectivity index (χ1v) is 8.45. The third-order valence-corrected chi connectivity index (χ3v) is 4.79. The van der Waals surface area contributed by atoms with Crippen LogP contribution in [0.1, 0.15) is 36.9 Å². The zero-order valence-corrected chi connectivity index (χ0v) is 13.2. The van der Waals surface area contributed by atoms with E-state index in [0.717, 1.165) is 55.7 Å². The van der Waals surface area contributed by atoms with Crippen LogP contribution in [-0.4, -0.2) is 15.7 Å². The molecule has 1 aromatic carbocycles. The van der Waals surface area contributed by atoms with Crippen LogP contribution in [0.2, 0.25) is 0 Å². The smallest absolute Gasteiger partial charge is 0.228 e. The molecule has 1 N–H and O–H groups in total. The summed E-state index contributed by atoms with van der Waals surface area (Å²) < 4.78 is 1.90.